The topological polar surface area (TPSA) is 117 Å². The smallest absolute Gasteiger partial charge is 0.407 e. The van der Waals surface area contributed by atoms with E-state index in [0.717, 1.165) is 18.2 Å². The van der Waals surface area contributed by atoms with Crippen LogP contribution in [0.15, 0.2) is 36.4 Å². The summed E-state index contributed by atoms with van der Waals surface area (Å²) in [5.41, 5.74) is -0.822. The Labute approximate surface area is 177 Å². The van der Waals surface area contributed by atoms with E-state index in [9.17, 15) is 28.3 Å². The number of phenolic OH excluding ortho intramolecular Hbond substituents is 1. The first-order chi connectivity index (χ1) is 14.4. The second-order valence-corrected chi connectivity index (χ2v) is 7.53. The van der Waals surface area contributed by atoms with Gasteiger partial charge >= 0.3 is 6.09 Å². The van der Waals surface area contributed by atoms with Crippen molar-refractivity contribution in [2.24, 2.45) is 0 Å². The number of alkyl carbamates (subject to hydrolysis) is 1. The molecule has 2 aromatic rings. The molecule has 0 atom stereocenters. The number of aromatic hydroxyl groups is 1. The molecule has 0 unspecified atom stereocenters. The van der Waals surface area contributed by atoms with Crippen LogP contribution in [-0.2, 0) is 4.74 Å². The highest BCUT2D eigenvalue weighted by Gasteiger charge is 2.16. The zero-order valence-corrected chi connectivity index (χ0v) is 17.2. The van der Waals surface area contributed by atoms with Gasteiger partial charge in [-0.05, 0) is 45.0 Å². The summed E-state index contributed by atoms with van der Waals surface area (Å²) in [6.45, 7) is 5.36. The number of carbonyl (C=O) groups is 3. The van der Waals surface area contributed by atoms with Crippen molar-refractivity contribution in [2.45, 2.75) is 26.4 Å². The maximum absolute atomic E-state index is 13.2. The molecule has 0 fully saturated rings. The van der Waals surface area contributed by atoms with Crippen LogP contribution in [0.3, 0.4) is 0 Å². The number of hydrogen-bond acceptors (Lipinski definition) is 5. The van der Waals surface area contributed by atoms with Gasteiger partial charge < -0.3 is 25.8 Å². The minimum atomic E-state index is -0.902. The number of carbonyl (C=O) groups excluding carboxylic acids is 3. The van der Waals surface area contributed by atoms with Crippen LogP contribution in [0.2, 0.25) is 0 Å². The SMILES string of the molecule is CC(C)(C)OC(=O)NCCNC(=O)c1ccc(NC(=O)c2cc(F)cc(F)c2)cc1O. The predicted molar refractivity (Wildman–Crippen MR) is 109 cm³/mol. The van der Waals surface area contributed by atoms with Crippen LogP contribution >= 0.6 is 0 Å². The molecule has 2 rings (SSSR count). The van der Waals surface area contributed by atoms with Crippen LogP contribution in [0, 0.1) is 11.6 Å². The number of hydrogen-bond donors (Lipinski definition) is 4. The average molecular weight is 435 g/mol. The van der Waals surface area contributed by atoms with Crippen molar-refractivity contribution in [3.05, 3.63) is 59.2 Å². The Hall–Kier alpha value is -3.69. The van der Waals surface area contributed by atoms with Crippen LogP contribution in [0.25, 0.3) is 0 Å². The Kier molecular flexibility index (Phi) is 7.51. The second kappa shape index (κ2) is 9.88. The molecule has 31 heavy (non-hydrogen) atoms. The highest BCUT2D eigenvalue weighted by atomic mass is 19.1. The van der Waals surface area contributed by atoms with Gasteiger partial charge in [-0.1, -0.05) is 0 Å². The first-order valence-electron chi connectivity index (χ1n) is 9.30. The summed E-state index contributed by atoms with van der Waals surface area (Å²) in [6, 6.07) is 6.12. The molecule has 0 aliphatic rings. The quantitative estimate of drug-likeness (QED) is 0.520. The molecule has 3 amide bonds. The molecule has 0 aliphatic carbocycles. The Morgan fingerprint density at radius 1 is 0.935 bits per heavy atom. The standard InChI is InChI=1S/C21H23F2N3O5/c1-21(2,3)31-20(30)25-7-6-24-19(29)16-5-4-15(11-17(16)27)26-18(28)12-8-13(22)10-14(23)9-12/h4-5,8-11,27H,6-7H2,1-3H3,(H,24,29)(H,25,30)(H,26,28). The van der Waals surface area contributed by atoms with Crippen molar-refractivity contribution in [3.63, 3.8) is 0 Å². The van der Waals surface area contributed by atoms with E-state index >= 15 is 0 Å². The lowest BCUT2D eigenvalue weighted by Gasteiger charge is -2.19. The van der Waals surface area contributed by atoms with Crippen molar-refractivity contribution in [3.8, 4) is 5.75 Å². The number of amides is 3. The molecule has 0 saturated heterocycles. The third-order valence-electron chi connectivity index (χ3n) is 3.70. The minimum Gasteiger partial charge on any atom is -0.507 e. The fourth-order valence-corrected chi connectivity index (χ4v) is 2.44. The van der Waals surface area contributed by atoms with Gasteiger partial charge in [-0.3, -0.25) is 9.59 Å². The zero-order chi connectivity index (χ0) is 23.2. The van der Waals surface area contributed by atoms with E-state index in [2.05, 4.69) is 16.0 Å². The minimum absolute atomic E-state index is 0.0629. The van der Waals surface area contributed by atoms with Gasteiger partial charge in [0.1, 0.15) is 23.0 Å². The van der Waals surface area contributed by atoms with E-state index in [1.807, 2.05) is 0 Å². The monoisotopic (exact) mass is 435 g/mol. The van der Waals surface area contributed by atoms with Crippen molar-refractivity contribution in [1.29, 1.82) is 0 Å². The van der Waals surface area contributed by atoms with Gasteiger partial charge in [-0.2, -0.15) is 0 Å². The van der Waals surface area contributed by atoms with Gasteiger partial charge in [0.25, 0.3) is 11.8 Å². The van der Waals surface area contributed by atoms with Crippen LogP contribution in [-0.4, -0.2) is 41.7 Å². The molecule has 10 heteroatoms. The number of benzene rings is 2. The van der Waals surface area contributed by atoms with Gasteiger partial charge in [-0.15, -0.1) is 0 Å². The Morgan fingerprint density at radius 3 is 2.13 bits per heavy atom. The van der Waals surface area contributed by atoms with Crippen molar-refractivity contribution >= 4 is 23.6 Å². The summed E-state index contributed by atoms with van der Waals surface area (Å²) in [7, 11) is 0. The summed E-state index contributed by atoms with van der Waals surface area (Å²) in [6.07, 6.45) is -0.622. The average Bonchev–Trinajstić information content (AvgIpc) is 2.63. The first kappa shape index (κ1) is 23.6. The van der Waals surface area contributed by atoms with E-state index in [1.54, 1.807) is 20.8 Å². The molecule has 4 N–H and O–H groups in total. The van der Waals surface area contributed by atoms with Gasteiger partial charge in [0.15, 0.2) is 0 Å². The molecular formula is C21H23F2N3O5. The lowest BCUT2D eigenvalue weighted by Crippen LogP contribution is -2.37. The number of phenols is 1. The number of anilines is 1. The third kappa shape index (κ3) is 7.57. The lowest BCUT2D eigenvalue weighted by molar-refractivity contribution is 0.0526. The molecule has 0 aliphatic heterocycles. The maximum Gasteiger partial charge on any atom is 0.407 e. The summed E-state index contributed by atoms with van der Waals surface area (Å²) in [5.74, 6) is -3.61. The third-order valence-corrected chi connectivity index (χ3v) is 3.70. The van der Waals surface area contributed by atoms with E-state index in [1.165, 1.54) is 12.1 Å². The molecular weight excluding hydrogens is 412 g/mol. The molecule has 0 radical (unpaired) electrons. The fourth-order valence-electron chi connectivity index (χ4n) is 2.44. The number of ether oxygens (including phenoxy) is 1. The maximum atomic E-state index is 13.2. The number of nitrogens with one attached hydrogen (secondary N) is 3. The second-order valence-electron chi connectivity index (χ2n) is 7.53. The summed E-state index contributed by atoms with van der Waals surface area (Å²) >= 11 is 0. The largest absolute Gasteiger partial charge is 0.507 e. The van der Waals surface area contributed by atoms with Crippen molar-refractivity contribution in [1.82, 2.24) is 10.6 Å². The first-order valence-corrected chi connectivity index (χ1v) is 9.30. The normalized spacial score (nSPS) is 10.9. The zero-order valence-electron chi connectivity index (χ0n) is 17.2. The molecule has 0 spiro atoms. The van der Waals surface area contributed by atoms with Crippen LogP contribution in [0.4, 0.5) is 19.3 Å². The van der Waals surface area contributed by atoms with Crippen molar-refractivity contribution in [2.75, 3.05) is 18.4 Å². The van der Waals surface area contributed by atoms with Gasteiger partial charge in [0.05, 0.1) is 5.56 Å². The van der Waals surface area contributed by atoms with Gasteiger partial charge in [0, 0.05) is 36.5 Å². The molecule has 8 nitrogen and oxygen atoms in total. The Bertz CT molecular complexity index is 969. The molecule has 0 heterocycles. The Balaban J connectivity index is 1.90. The molecule has 0 saturated carbocycles. The van der Waals surface area contributed by atoms with Gasteiger partial charge in [0.2, 0.25) is 0 Å². The molecule has 0 bridgehead atoms. The summed E-state index contributed by atoms with van der Waals surface area (Å²) < 4.78 is 31.5. The van der Waals surface area contributed by atoms with E-state index in [-0.39, 0.29) is 29.9 Å². The highest BCUT2D eigenvalue weighted by Crippen LogP contribution is 2.22. The fraction of sp³-hybridized carbons (Fsp3) is 0.286. The highest BCUT2D eigenvalue weighted by molar-refractivity contribution is 6.05. The van der Waals surface area contributed by atoms with E-state index in [0.29, 0.717) is 6.07 Å². The predicted octanol–water partition coefficient (Wildman–Crippen LogP) is 3.18. The number of halogens is 2. The Morgan fingerprint density at radius 2 is 1.55 bits per heavy atom. The molecule has 0 aromatic heterocycles. The van der Waals surface area contributed by atoms with E-state index < -0.39 is 40.9 Å². The molecule has 2 aromatic carbocycles. The van der Waals surface area contributed by atoms with Crippen LogP contribution in [0.1, 0.15) is 41.5 Å². The van der Waals surface area contributed by atoms with Gasteiger partial charge in [-0.25, -0.2) is 13.6 Å². The van der Waals surface area contributed by atoms with Crippen LogP contribution in [0.5, 0.6) is 5.75 Å². The van der Waals surface area contributed by atoms with E-state index in [4.69, 9.17) is 4.74 Å². The van der Waals surface area contributed by atoms with Crippen molar-refractivity contribution < 1.29 is 33.0 Å². The molecule has 166 valence electrons. The summed E-state index contributed by atoms with van der Waals surface area (Å²) in [5, 5.41) is 17.5. The lowest BCUT2D eigenvalue weighted by atomic mass is 10.1. The summed E-state index contributed by atoms with van der Waals surface area (Å²) in [4.78, 5) is 35.8. The number of rotatable bonds is 6. The van der Waals surface area contributed by atoms with Crippen LogP contribution < -0.4 is 16.0 Å².